The Hall–Kier alpha value is -0.120. The summed E-state index contributed by atoms with van der Waals surface area (Å²) in [6.45, 7) is 6.94. The third-order valence-corrected chi connectivity index (χ3v) is 3.31. The molecule has 0 amide bonds. The van der Waals surface area contributed by atoms with Gasteiger partial charge in [-0.15, -0.1) is 0 Å². The summed E-state index contributed by atoms with van der Waals surface area (Å²) in [5, 5.41) is 3.62. The molecule has 1 saturated carbocycles. The zero-order chi connectivity index (χ0) is 12.0. The highest BCUT2D eigenvalue weighted by atomic mass is 15.1. The zero-order valence-electron chi connectivity index (χ0n) is 11.5. The summed E-state index contributed by atoms with van der Waals surface area (Å²) in [7, 11) is 6.54. The first kappa shape index (κ1) is 13.9. The fraction of sp³-hybridized carbons (Fsp3) is 1.00. The van der Waals surface area contributed by atoms with E-state index in [1.54, 1.807) is 0 Å². The largest absolute Gasteiger partial charge is 0.313 e. The number of hydrogen-bond donors (Lipinski definition) is 1. The van der Waals surface area contributed by atoms with E-state index >= 15 is 0 Å². The lowest BCUT2D eigenvalue weighted by Crippen LogP contribution is -2.41. The Balaban J connectivity index is 2.12. The van der Waals surface area contributed by atoms with E-state index in [1.165, 1.54) is 38.9 Å². The van der Waals surface area contributed by atoms with Crippen molar-refractivity contribution in [3.63, 3.8) is 0 Å². The molecule has 0 aliphatic heterocycles. The van der Waals surface area contributed by atoms with Gasteiger partial charge < -0.3 is 15.1 Å². The number of hydrogen-bond acceptors (Lipinski definition) is 3. The monoisotopic (exact) mass is 227 g/mol. The first-order valence-corrected chi connectivity index (χ1v) is 6.70. The summed E-state index contributed by atoms with van der Waals surface area (Å²) in [6.07, 6.45) is 4.14. The van der Waals surface area contributed by atoms with Crippen molar-refractivity contribution in [2.24, 2.45) is 5.92 Å². The van der Waals surface area contributed by atoms with Gasteiger partial charge in [-0.3, -0.25) is 0 Å². The first-order valence-electron chi connectivity index (χ1n) is 6.70. The molecule has 0 radical (unpaired) electrons. The minimum atomic E-state index is 0.731. The number of rotatable bonds is 9. The van der Waals surface area contributed by atoms with Crippen LogP contribution in [0.15, 0.2) is 0 Å². The molecule has 1 N–H and O–H groups in total. The van der Waals surface area contributed by atoms with Gasteiger partial charge >= 0.3 is 0 Å². The quantitative estimate of drug-likeness (QED) is 0.640. The molecule has 1 fully saturated rings. The van der Waals surface area contributed by atoms with E-state index in [-0.39, 0.29) is 0 Å². The van der Waals surface area contributed by atoms with E-state index in [4.69, 9.17) is 0 Å². The minimum Gasteiger partial charge on any atom is -0.313 e. The van der Waals surface area contributed by atoms with E-state index in [0.717, 1.165) is 18.5 Å². The second-order valence-electron chi connectivity index (χ2n) is 5.42. The van der Waals surface area contributed by atoms with Gasteiger partial charge in [0, 0.05) is 12.6 Å². The van der Waals surface area contributed by atoms with Crippen molar-refractivity contribution in [2.45, 2.75) is 32.2 Å². The third-order valence-electron chi connectivity index (χ3n) is 3.31. The molecule has 0 aromatic carbocycles. The van der Waals surface area contributed by atoms with Crippen LogP contribution in [0.3, 0.4) is 0 Å². The predicted octanol–water partition coefficient (Wildman–Crippen LogP) is 1.26. The van der Waals surface area contributed by atoms with Crippen LogP contribution in [0.1, 0.15) is 26.2 Å². The summed E-state index contributed by atoms with van der Waals surface area (Å²) in [5.74, 6) is 0.955. The Morgan fingerprint density at radius 2 is 1.88 bits per heavy atom. The number of nitrogens with one attached hydrogen (secondary N) is 1. The molecule has 16 heavy (non-hydrogen) atoms. The molecule has 1 aliphatic rings. The minimum absolute atomic E-state index is 0.731. The smallest absolute Gasteiger partial charge is 0.0223 e. The van der Waals surface area contributed by atoms with E-state index < -0.39 is 0 Å². The SMILES string of the molecule is CCNC(CN(C)CCCN(C)C)C1CC1. The summed E-state index contributed by atoms with van der Waals surface area (Å²) in [6, 6.07) is 0.731. The molecule has 1 atom stereocenters. The summed E-state index contributed by atoms with van der Waals surface area (Å²) < 4.78 is 0. The highest BCUT2D eigenvalue weighted by molar-refractivity contribution is 4.87. The fourth-order valence-corrected chi connectivity index (χ4v) is 2.22. The van der Waals surface area contributed by atoms with Gasteiger partial charge in [-0.05, 0) is 66.0 Å². The maximum absolute atomic E-state index is 3.62. The predicted molar refractivity (Wildman–Crippen MR) is 70.9 cm³/mol. The van der Waals surface area contributed by atoms with E-state index in [2.05, 4.69) is 43.2 Å². The van der Waals surface area contributed by atoms with E-state index in [0.29, 0.717) is 0 Å². The van der Waals surface area contributed by atoms with E-state index in [1.807, 2.05) is 0 Å². The fourth-order valence-electron chi connectivity index (χ4n) is 2.22. The Bertz CT molecular complexity index is 178. The zero-order valence-corrected chi connectivity index (χ0v) is 11.5. The Kier molecular flexibility index (Phi) is 6.32. The molecule has 0 heterocycles. The molecule has 0 bridgehead atoms. The van der Waals surface area contributed by atoms with Gasteiger partial charge in [0.05, 0.1) is 0 Å². The Labute approximate surface area is 101 Å². The number of nitrogens with zero attached hydrogens (tertiary/aromatic N) is 2. The van der Waals surface area contributed by atoms with Crippen LogP contribution < -0.4 is 5.32 Å². The lowest BCUT2D eigenvalue weighted by molar-refractivity contribution is 0.259. The van der Waals surface area contributed by atoms with Crippen LogP contribution in [0.25, 0.3) is 0 Å². The van der Waals surface area contributed by atoms with Crippen molar-refractivity contribution in [1.29, 1.82) is 0 Å². The van der Waals surface area contributed by atoms with Crippen LogP contribution in [0.5, 0.6) is 0 Å². The summed E-state index contributed by atoms with van der Waals surface area (Å²) in [4.78, 5) is 4.74. The molecule has 1 rings (SSSR count). The second-order valence-corrected chi connectivity index (χ2v) is 5.42. The normalized spacial score (nSPS) is 18.4. The molecule has 3 nitrogen and oxygen atoms in total. The summed E-state index contributed by atoms with van der Waals surface area (Å²) in [5.41, 5.74) is 0. The van der Waals surface area contributed by atoms with Crippen LogP contribution in [-0.2, 0) is 0 Å². The van der Waals surface area contributed by atoms with Gasteiger partial charge in [-0.1, -0.05) is 6.92 Å². The molecule has 1 unspecified atom stereocenters. The van der Waals surface area contributed by atoms with Gasteiger partial charge in [0.25, 0.3) is 0 Å². The maximum atomic E-state index is 3.62. The highest BCUT2D eigenvalue weighted by Gasteiger charge is 2.30. The molecule has 0 spiro atoms. The molecular formula is C13H29N3. The first-order chi connectivity index (χ1) is 7.63. The average Bonchev–Trinajstić information content (AvgIpc) is 2.99. The van der Waals surface area contributed by atoms with Crippen molar-refractivity contribution in [1.82, 2.24) is 15.1 Å². The standard InChI is InChI=1S/C13H29N3/c1-5-14-13(12-7-8-12)11-16(4)10-6-9-15(2)3/h12-14H,5-11H2,1-4H3. The number of likely N-dealkylation sites (N-methyl/N-ethyl adjacent to an activating group) is 2. The lowest BCUT2D eigenvalue weighted by atomic mass is 10.1. The molecule has 0 aromatic heterocycles. The highest BCUT2D eigenvalue weighted by Crippen LogP contribution is 2.32. The molecule has 1 aliphatic carbocycles. The second kappa shape index (κ2) is 7.25. The maximum Gasteiger partial charge on any atom is 0.0223 e. The Morgan fingerprint density at radius 1 is 1.19 bits per heavy atom. The van der Waals surface area contributed by atoms with Crippen LogP contribution in [0, 0.1) is 5.92 Å². The van der Waals surface area contributed by atoms with Crippen LogP contribution >= 0.6 is 0 Å². The summed E-state index contributed by atoms with van der Waals surface area (Å²) >= 11 is 0. The van der Waals surface area contributed by atoms with Crippen molar-refractivity contribution in [3.8, 4) is 0 Å². The van der Waals surface area contributed by atoms with Crippen molar-refractivity contribution < 1.29 is 0 Å². The van der Waals surface area contributed by atoms with Gasteiger partial charge in [0.15, 0.2) is 0 Å². The van der Waals surface area contributed by atoms with Gasteiger partial charge in [-0.2, -0.15) is 0 Å². The molecule has 0 aromatic rings. The van der Waals surface area contributed by atoms with Crippen molar-refractivity contribution in [2.75, 3.05) is 47.3 Å². The van der Waals surface area contributed by atoms with Crippen LogP contribution in [0.4, 0.5) is 0 Å². The molecular weight excluding hydrogens is 198 g/mol. The van der Waals surface area contributed by atoms with Crippen molar-refractivity contribution in [3.05, 3.63) is 0 Å². The molecule has 96 valence electrons. The molecule has 0 saturated heterocycles. The Morgan fingerprint density at radius 3 is 2.38 bits per heavy atom. The van der Waals surface area contributed by atoms with Crippen molar-refractivity contribution >= 4 is 0 Å². The van der Waals surface area contributed by atoms with Gasteiger partial charge in [0.1, 0.15) is 0 Å². The topological polar surface area (TPSA) is 18.5 Å². The van der Waals surface area contributed by atoms with Crippen LogP contribution in [-0.4, -0.2) is 63.2 Å². The molecule has 3 heteroatoms. The lowest BCUT2D eigenvalue weighted by Gasteiger charge is -2.25. The third kappa shape index (κ3) is 5.83. The van der Waals surface area contributed by atoms with Gasteiger partial charge in [-0.25, -0.2) is 0 Å². The van der Waals surface area contributed by atoms with Crippen LogP contribution in [0.2, 0.25) is 0 Å². The van der Waals surface area contributed by atoms with Gasteiger partial charge in [0.2, 0.25) is 0 Å². The average molecular weight is 227 g/mol. The van der Waals surface area contributed by atoms with E-state index in [9.17, 15) is 0 Å².